The van der Waals surface area contributed by atoms with Crippen molar-refractivity contribution in [2.24, 2.45) is 0 Å². The lowest BCUT2D eigenvalue weighted by molar-refractivity contribution is 0.180. The number of nitrogens with zero attached hydrogens (tertiary/aromatic N) is 2. The van der Waals surface area contributed by atoms with Gasteiger partial charge in [0.05, 0.1) is 16.5 Å². The monoisotopic (exact) mass is 289 g/mol. The van der Waals surface area contributed by atoms with Crippen LogP contribution in [-0.2, 0) is 9.84 Å². The van der Waals surface area contributed by atoms with E-state index in [-0.39, 0.29) is 17.8 Å². The van der Waals surface area contributed by atoms with Gasteiger partial charge in [0.25, 0.3) is 0 Å². The molecule has 19 heavy (non-hydrogen) atoms. The Morgan fingerprint density at radius 3 is 2.63 bits per heavy atom. The molecule has 2 heterocycles. The standard InChI is InChI=1S/C12H23N3O3S/c1-12(2,3)19(17,18)7-6-14-9-10-8-13-4-5-15(10)11(14)16/h10,13H,4-9H2,1-3H3. The first kappa shape index (κ1) is 14.6. The lowest BCUT2D eigenvalue weighted by atomic mass is 10.2. The fourth-order valence-corrected chi connectivity index (χ4v) is 3.49. The van der Waals surface area contributed by atoms with E-state index in [9.17, 15) is 13.2 Å². The van der Waals surface area contributed by atoms with Crippen molar-refractivity contribution in [3.63, 3.8) is 0 Å². The van der Waals surface area contributed by atoms with Crippen LogP contribution in [0.3, 0.4) is 0 Å². The second kappa shape index (κ2) is 4.94. The highest BCUT2D eigenvalue weighted by atomic mass is 32.2. The van der Waals surface area contributed by atoms with E-state index < -0.39 is 14.6 Å². The number of nitrogens with one attached hydrogen (secondary N) is 1. The SMILES string of the molecule is CC(C)(C)S(=O)(=O)CCN1CC2CNCCN2C1=O. The van der Waals surface area contributed by atoms with Gasteiger partial charge in [-0.3, -0.25) is 0 Å². The third-order valence-corrected chi connectivity index (χ3v) is 6.45. The number of sulfone groups is 1. The van der Waals surface area contributed by atoms with Gasteiger partial charge in [-0.1, -0.05) is 0 Å². The van der Waals surface area contributed by atoms with Crippen LogP contribution < -0.4 is 5.32 Å². The quantitative estimate of drug-likeness (QED) is 0.788. The lowest BCUT2D eigenvalue weighted by Gasteiger charge is -2.28. The van der Waals surface area contributed by atoms with E-state index in [1.54, 1.807) is 25.7 Å². The minimum Gasteiger partial charge on any atom is -0.322 e. The van der Waals surface area contributed by atoms with Gasteiger partial charge in [0.2, 0.25) is 0 Å². The predicted octanol–water partition coefficient (Wildman–Crippen LogP) is -0.0909. The van der Waals surface area contributed by atoms with Gasteiger partial charge in [0.1, 0.15) is 0 Å². The second-order valence-corrected chi connectivity index (χ2v) is 9.07. The first-order valence-corrected chi connectivity index (χ1v) is 8.36. The van der Waals surface area contributed by atoms with E-state index in [0.29, 0.717) is 19.6 Å². The molecule has 0 bridgehead atoms. The molecule has 1 N–H and O–H groups in total. The molecule has 7 heteroatoms. The van der Waals surface area contributed by atoms with Crippen LogP contribution in [0.1, 0.15) is 20.8 Å². The topological polar surface area (TPSA) is 69.7 Å². The fraction of sp³-hybridized carbons (Fsp3) is 0.917. The van der Waals surface area contributed by atoms with Gasteiger partial charge in [0.15, 0.2) is 9.84 Å². The zero-order chi connectivity index (χ0) is 14.3. The molecule has 0 saturated carbocycles. The van der Waals surface area contributed by atoms with Crippen molar-refractivity contribution in [1.29, 1.82) is 0 Å². The molecule has 2 aliphatic rings. The maximum atomic E-state index is 12.1. The number of rotatable bonds is 3. The van der Waals surface area contributed by atoms with Gasteiger partial charge in [-0.15, -0.1) is 0 Å². The van der Waals surface area contributed by atoms with Gasteiger partial charge in [0, 0.05) is 32.7 Å². The maximum absolute atomic E-state index is 12.1. The Morgan fingerprint density at radius 2 is 2.05 bits per heavy atom. The van der Waals surface area contributed by atoms with Crippen molar-refractivity contribution >= 4 is 15.9 Å². The summed E-state index contributed by atoms with van der Waals surface area (Å²) in [5, 5.41) is 3.26. The van der Waals surface area contributed by atoms with E-state index in [4.69, 9.17) is 0 Å². The van der Waals surface area contributed by atoms with Crippen LogP contribution in [0.2, 0.25) is 0 Å². The van der Waals surface area contributed by atoms with Crippen molar-refractivity contribution in [2.45, 2.75) is 31.6 Å². The van der Waals surface area contributed by atoms with Gasteiger partial charge < -0.3 is 15.1 Å². The molecule has 1 unspecified atom stereocenters. The molecule has 0 radical (unpaired) electrons. The first-order chi connectivity index (χ1) is 8.72. The summed E-state index contributed by atoms with van der Waals surface area (Å²) >= 11 is 0. The van der Waals surface area contributed by atoms with Crippen molar-refractivity contribution in [2.75, 3.05) is 38.5 Å². The average molecular weight is 289 g/mol. The summed E-state index contributed by atoms with van der Waals surface area (Å²) in [5.74, 6) is 0.0379. The molecule has 2 saturated heterocycles. The summed E-state index contributed by atoms with van der Waals surface area (Å²) in [6.45, 7) is 8.34. The summed E-state index contributed by atoms with van der Waals surface area (Å²) < 4.78 is 23.4. The number of piperazine rings is 1. The third kappa shape index (κ3) is 2.86. The molecule has 2 amide bonds. The Bertz CT molecular complexity index is 455. The van der Waals surface area contributed by atoms with Crippen LogP contribution in [0.15, 0.2) is 0 Å². The van der Waals surface area contributed by atoms with Gasteiger partial charge in [-0.05, 0) is 20.8 Å². The zero-order valence-electron chi connectivity index (χ0n) is 11.8. The lowest BCUT2D eigenvalue weighted by Crippen LogP contribution is -2.49. The third-order valence-electron chi connectivity index (χ3n) is 3.86. The number of urea groups is 1. The summed E-state index contributed by atoms with van der Waals surface area (Å²) in [7, 11) is -3.17. The summed E-state index contributed by atoms with van der Waals surface area (Å²) in [4.78, 5) is 15.7. The highest BCUT2D eigenvalue weighted by molar-refractivity contribution is 7.92. The van der Waals surface area contributed by atoms with Crippen LogP contribution in [-0.4, -0.2) is 73.5 Å². The molecule has 1 atom stereocenters. The molecule has 0 spiro atoms. The minimum absolute atomic E-state index is 0.0180. The van der Waals surface area contributed by atoms with E-state index in [2.05, 4.69) is 5.32 Å². The molecule has 2 rings (SSSR count). The van der Waals surface area contributed by atoms with Crippen molar-refractivity contribution in [1.82, 2.24) is 15.1 Å². The Labute approximate surface area is 115 Å². The van der Waals surface area contributed by atoms with Crippen molar-refractivity contribution < 1.29 is 13.2 Å². The van der Waals surface area contributed by atoms with Crippen molar-refractivity contribution in [3.8, 4) is 0 Å². The fourth-order valence-electron chi connectivity index (χ4n) is 2.41. The molecule has 0 aromatic rings. The molecular weight excluding hydrogens is 266 g/mol. The minimum atomic E-state index is -3.17. The molecule has 0 aromatic carbocycles. The first-order valence-electron chi connectivity index (χ1n) is 6.71. The van der Waals surface area contributed by atoms with E-state index in [0.717, 1.165) is 13.1 Å². The number of carbonyl (C=O) groups excluding carboxylic acids is 1. The maximum Gasteiger partial charge on any atom is 0.320 e. The van der Waals surface area contributed by atoms with Crippen LogP contribution in [0.5, 0.6) is 0 Å². The van der Waals surface area contributed by atoms with E-state index >= 15 is 0 Å². The summed E-state index contributed by atoms with van der Waals surface area (Å²) in [6.07, 6.45) is 0. The number of carbonyl (C=O) groups is 1. The van der Waals surface area contributed by atoms with Crippen molar-refractivity contribution in [3.05, 3.63) is 0 Å². The summed E-state index contributed by atoms with van der Waals surface area (Å²) in [6, 6.07) is 0.175. The normalized spacial score (nSPS) is 24.8. The predicted molar refractivity (Wildman–Crippen MR) is 73.9 cm³/mol. The molecule has 0 aromatic heterocycles. The highest BCUT2D eigenvalue weighted by Crippen LogP contribution is 2.20. The highest BCUT2D eigenvalue weighted by Gasteiger charge is 2.39. The molecule has 2 aliphatic heterocycles. The Morgan fingerprint density at radius 1 is 1.37 bits per heavy atom. The number of amides is 2. The van der Waals surface area contributed by atoms with Crippen LogP contribution in [0.25, 0.3) is 0 Å². The second-order valence-electron chi connectivity index (χ2n) is 6.21. The van der Waals surface area contributed by atoms with Gasteiger partial charge >= 0.3 is 6.03 Å². The van der Waals surface area contributed by atoms with E-state index in [1.807, 2.05) is 4.90 Å². The Balaban J connectivity index is 1.96. The van der Waals surface area contributed by atoms with Crippen LogP contribution in [0, 0.1) is 0 Å². The number of hydrogen-bond donors (Lipinski definition) is 1. The van der Waals surface area contributed by atoms with E-state index in [1.165, 1.54) is 0 Å². The zero-order valence-corrected chi connectivity index (χ0v) is 12.7. The molecule has 2 fully saturated rings. The molecule has 6 nitrogen and oxygen atoms in total. The molecular formula is C12H23N3O3S. The smallest absolute Gasteiger partial charge is 0.320 e. The van der Waals surface area contributed by atoms with Crippen LogP contribution >= 0.6 is 0 Å². The largest absolute Gasteiger partial charge is 0.322 e. The van der Waals surface area contributed by atoms with Crippen LogP contribution in [0.4, 0.5) is 4.79 Å². The average Bonchev–Trinajstić information content (AvgIpc) is 2.63. The van der Waals surface area contributed by atoms with Gasteiger partial charge in [-0.25, -0.2) is 13.2 Å². The van der Waals surface area contributed by atoms with Gasteiger partial charge in [-0.2, -0.15) is 0 Å². The Hall–Kier alpha value is -0.820. The molecule has 110 valence electrons. The molecule has 0 aliphatic carbocycles. The Kier molecular flexibility index (Phi) is 3.79. The summed E-state index contributed by atoms with van der Waals surface area (Å²) in [5.41, 5.74) is 0. The number of hydrogen-bond acceptors (Lipinski definition) is 4. The number of fused-ring (bicyclic) bond motifs is 1.